The maximum absolute atomic E-state index is 4.67. The average Bonchev–Trinajstić information content (AvgIpc) is 3.34. The van der Waals surface area contributed by atoms with Gasteiger partial charge in [0.2, 0.25) is 0 Å². The van der Waals surface area contributed by atoms with Crippen LogP contribution in [0.25, 0.3) is 5.82 Å². The second-order valence-corrected chi connectivity index (χ2v) is 6.26. The Balaban J connectivity index is 1.37. The predicted octanol–water partition coefficient (Wildman–Crippen LogP) is 2.89. The van der Waals surface area contributed by atoms with Crippen LogP contribution in [0.3, 0.4) is 0 Å². The third-order valence-corrected chi connectivity index (χ3v) is 4.42. The lowest BCUT2D eigenvalue weighted by atomic mass is 10.3. The van der Waals surface area contributed by atoms with E-state index in [9.17, 15) is 0 Å². The Morgan fingerprint density at radius 1 is 1.04 bits per heavy atom. The first-order valence-corrected chi connectivity index (χ1v) is 8.42. The molecule has 0 atom stereocenters. The average molecular weight is 323 g/mol. The summed E-state index contributed by atoms with van der Waals surface area (Å²) >= 11 is 0. The van der Waals surface area contributed by atoms with Crippen molar-refractivity contribution in [1.82, 2.24) is 29.8 Å². The van der Waals surface area contributed by atoms with Gasteiger partial charge in [0.25, 0.3) is 0 Å². The summed E-state index contributed by atoms with van der Waals surface area (Å²) in [7, 11) is 0. The molecule has 1 N–H and O–H groups in total. The molecule has 1 fully saturated rings. The van der Waals surface area contributed by atoms with E-state index in [4.69, 9.17) is 0 Å². The van der Waals surface area contributed by atoms with Crippen LogP contribution in [0.1, 0.15) is 43.1 Å². The van der Waals surface area contributed by atoms with Crippen LogP contribution >= 0.6 is 0 Å². The number of anilines is 1. The van der Waals surface area contributed by atoms with E-state index < -0.39 is 0 Å². The van der Waals surface area contributed by atoms with Crippen molar-refractivity contribution in [3.05, 3.63) is 48.0 Å². The van der Waals surface area contributed by atoms with Gasteiger partial charge in [0.05, 0.1) is 24.0 Å². The molecule has 1 aliphatic carbocycles. The first kappa shape index (κ1) is 14.9. The van der Waals surface area contributed by atoms with Gasteiger partial charge in [-0.25, -0.2) is 4.68 Å². The minimum atomic E-state index is 0.579. The summed E-state index contributed by atoms with van der Waals surface area (Å²) in [6.45, 7) is 2.60. The quantitative estimate of drug-likeness (QED) is 0.781. The van der Waals surface area contributed by atoms with Gasteiger partial charge in [-0.15, -0.1) is 10.2 Å². The summed E-state index contributed by atoms with van der Waals surface area (Å²) in [5.74, 6) is 1.44. The summed E-state index contributed by atoms with van der Waals surface area (Å²) < 4.78 is 3.83. The first-order valence-electron chi connectivity index (χ1n) is 8.42. The van der Waals surface area contributed by atoms with Gasteiger partial charge >= 0.3 is 0 Å². The van der Waals surface area contributed by atoms with Crippen LogP contribution in [0.4, 0.5) is 5.82 Å². The summed E-state index contributed by atoms with van der Waals surface area (Å²) in [5, 5.41) is 20.7. The molecule has 1 saturated carbocycles. The van der Waals surface area contributed by atoms with Crippen molar-refractivity contribution >= 4 is 5.82 Å². The van der Waals surface area contributed by atoms with Crippen LogP contribution < -0.4 is 5.32 Å². The molecule has 0 aliphatic heterocycles. The highest BCUT2D eigenvalue weighted by Crippen LogP contribution is 2.28. The zero-order valence-corrected chi connectivity index (χ0v) is 13.8. The molecular weight excluding hydrogens is 302 g/mol. The normalized spacial score (nSPS) is 15.0. The molecule has 7 heteroatoms. The molecule has 4 rings (SSSR count). The summed E-state index contributed by atoms with van der Waals surface area (Å²) in [6, 6.07) is 8.40. The van der Waals surface area contributed by atoms with Gasteiger partial charge in [-0.2, -0.15) is 10.2 Å². The SMILES string of the molecule is Cc1ccn(-c2ccc(NCc3ccn(C4CCCC4)n3)nn2)n1. The highest BCUT2D eigenvalue weighted by molar-refractivity contribution is 5.36. The van der Waals surface area contributed by atoms with Crippen molar-refractivity contribution in [2.75, 3.05) is 5.32 Å². The fourth-order valence-electron chi connectivity index (χ4n) is 3.11. The molecule has 3 aromatic rings. The standard InChI is InChI=1S/C17H21N7/c1-13-8-10-24(21-13)17-7-6-16(19-20-17)18-12-14-9-11-23(22-14)15-4-2-3-5-15/h6-11,15H,2-5,12H2,1H3,(H,18,19). The minimum absolute atomic E-state index is 0.579. The lowest BCUT2D eigenvalue weighted by molar-refractivity contribution is 0.463. The van der Waals surface area contributed by atoms with E-state index in [0.717, 1.165) is 17.2 Å². The van der Waals surface area contributed by atoms with Crippen molar-refractivity contribution in [1.29, 1.82) is 0 Å². The van der Waals surface area contributed by atoms with E-state index in [1.165, 1.54) is 25.7 Å². The van der Waals surface area contributed by atoms with Crippen molar-refractivity contribution in [2.45, 2.75) is 45.2 Å². The van der Waals surface area contributed by atoms with Crippen molar-refractivity contribution < 1.29 is 0 Å². The summed E-state index contributed by atoms with van der Waals surface area (Å²) in [4.78, 5) is 0. The van der Waals surface area contributed by atoms with Gasteiger partial charge in [-0.3, -0.25) is 4.68 Å². The molecule has 3 aromatic heterocycles. The molecule has 3 heterocycles. The molecule has 0 bridgehead atoms. The van der Waals surface area contributed by atoms with Gasteiger partial charge in [0.1, 0.15) is 5.82 Å². The fourth-order valence-corrected chi connectivity index (χ4v) is 3.11. The lowest BCUT2D eigenvalue weighted by Gasteiger charge is -2.09. The summed E-state index contributed by atoms with van der Waals surface area (Å²) in [6.07, 6.45) is 9.08. The van der Waals surface area contributed by atoms with E-state index in [1.54, 1.807) is 4.68 Å². The van der Waals surface area contributed by atoms with Crippen LogP contribution in [-0.4, -0.2) is 29.8 Å². The topological polar surface area (TPSA) is 73.5 Å². The zero-order chi connectivity index (χ0) is 16.4. The number of rotatable bonds is 5. The molecule has 24 heavy (non-hydrogen) atoms. The Hall–Kier alpha value is -2.70. The molecule has 0 saturated heterocycles. The van der Waals surface area contributed by atoms with Crippen LogP contribution in [0.2, 0.25) is 0 Å². The monoisotopic (exact) mass is 323 g/mol. The highest BCUT2D eigenvalue weighted by atomic mass is 15.3. The largest absolute Gasteiger partial charge is 0.363 e. The maximum atomic E-state index is 4.67. The second kappa shape index (κ2) is 6.43. The zero-order valence-electron chi connectivity index (χ0n) is 13.8. The number of hydrogen-bond donors (Lipinski definition) is 1. The molecule has 0 unspecified atom stereocenters. The smallest absolute Gasteiger partial charge is 0.175 e. The number of hydrogen-bond acceptors (Lipinski definition) is 5. The molecule has 7 nitrogen and oxygen atoms in total. The Kier molecular flexibility index (Phi) is 3.98. The molecule has 124 valence electrons. The van der Waals surface area contributed by atoms with Crippen molar-refractivity contribution in [3.8, 4) is 5.82 Å². The number of nitrogens with one attached hydrogen (secondary N) is 1. The Morgan fingerprint density at radius 3 is 2.62 bits per heavy atom. The van der Waals surface area contributed by atoms with Gasteiger partial charge < -0.3 is 5.32 Å². The van der Waals surface area contributed by atoms with Crippen LogP contribution in [0, 0.1) is 6.92 Å². The molecule has 1 aliphatic rings. The van der Waals surface area contributed by atoms with E-state index in [2.05, 4.69) is 42.7 Å². The first-order chi connectivity index (χ1) is 11.8. The van der Waals surface area contributed by atoms with E-state index in [1.807, 2.05) is 31.3 Å². The lowest BCUT2D eigenvalue weighted by Crippen LogP contribution is -2.08. The van der Waals surface area contributed by atoms with Gasteiger partial charge in [0.15, 0.2) is 5.82 Å². The second-order valence-electron chi connectivity index (χ2n) is 6.26. The fraction of sp³-hybridized carbons (Fsp3) is 0.412. The number of aromatic nitrogens is 6. The Morgan fingerprint density at radius 2 is 1.92 bits per heavy atom. The van der Waals surface area contributed by atoms with Crippen LogP contribution in [0.5, 0.6) is 0 Å². The third kappa shape index (κ3) is 3.15. The predicted molar refractivity (Wildman–Crippen MR) is 90.9 cm³/mol. The van der Waals surface area contributed by atoms with E-state index in [-0.39, 0.29) is 0 Å². The van der Waals surface area contributed by atoms with Gasteiger partial charge in [0, 0.05) is 12.4 Å². The highest BCUT2D eigenvalue weighted by Gasteiger charge is 2.17. The summed E-state index contributed by atoms with van der Waals surface area (Å²) in [5.41, 5.74) is 1.98. The number of aryl methyl sites for hydroxylation is 1. The van der Waals surface area contributed by atoms with Crippen LogP contribution in [-0.2, 0) is 6.54 Å². The van der Waals surface area contributed by atoms with Crippen molar-refractivity contribution in [3.63, 3.8) is 0 Å². The Labute approximate surface area is 140 Å². The molecule has 0 amide bonds. The Bertz CT molecular complexity index is 796. The number of nitrogens with zero attached hydrogens (tertiary/aromatic N) is 6. The van der Waals surface area contributed by atoms with E-state index >= 15 is 0 Å². The van der Waals surface area contributed by atoms with Crippen LogP contribution in [0.15, 0.2) is 36.7 Å². The maximum Gasteiger partial charge on any atom is 0.175 e. The van der Waals surface area contributed by atoms with E-state index in [0.29, 0.717) is 18.4 Å². The molecule has 0 aromatic carbocycles. The van der Waals surface area contributed by atoms with Gasteiger partial charge in [-0.05, 0) is 44.0 Å². The minimum Gasteiger partial charge on any atom is -0.363 e. The third-order valence-electron chi connectivity index (χ3n) is 4.42. The molecule has 0 spiro atoms. The molecule has 0 radical (unpaired) electrons. The van der Waals surface area contributed by atoms with Gasteiger partial charge in [-0.1, -0.05) is 12.8 Å². The van der Waals surface area contributed by atoms with Crippen molar-refractivity contribution in [2.24, 2.45) is 0 Å². The molecular formula is C17H21N7.